The molecule has 1 atom stereocenters. The lowest BCUT2D eigenvalue weighted by atomic mass is 10.2. The second kappa shape index (κ2) is 5.71. The third-order valence-electron chi connectivity index (χ3n) is 3.87. The van der Waals surface area contributed by atoms with Crippen LogP contribution in [0.25, 0.3) is 0 Å². The maximum Gasteiger partial charge on any atom is 0.257 e. The van der Waals surface area contributed by atoms with Gasteiger partial charge in [0.15, 0.2) is 5.17 Å². The first kappa shape index (κ1) is 14.4. The van der Waals surface area contributed by atoms with Crippen LogP contribution in [0, 0.1) is 6.92 Å². The molecule has 2 aliphatic heterocycles. The number of amidine groups is 1. The van der Waals surface area contributed by atoms with Gasteiger partial charge in [-0.15, -0.1) is 0 Å². The van der Waals surface area contributed by atoms with Gasteiger partial charge < -0.3 is 9.80 Å². The first-order chi connectivity index (χ1) is 10.0. The Morgan fingerprint density at radius 1 is 1.33 bits per heavy atom. The van der Waals surface area contributed by atoms with Crippen LogP contribution in [0.4, 0.5) is 0 Å². The van der Waals surface area contributed by atoms with E-state index in [-0.39, 0.29) is 5.91 Å². The smallest absolute Gasteiger partial charge is 0.257 e. The number of thioether (sulfide) groups is 1. The fraction of sp³-hybridized carbons (Fsp3) is 0.643. The van der Waals surface area contributed by atoms with E-state index >= 15 is 0 Å². The van der Waals surface area contributed by atoms with Gasteiger partial charge in [0.05, 0.1) is 17.8 Å². The summed E-state index contributed by atoms with van der Waals surface area (Å²) in [6.07, 6.45) is 1.81. The number of nitrogens with zero attached hydrogens (tertiary/aromatic N) is 5. The first-order valence-electron chi connectivity index (χ1n) is 7.30. The van der Waals surface area contributed by atoms with Gasteiger partial charge in [0, 0.05) is 44.7 Å². The van der Waals surface area contributed by atoms with Crippen molar-refractivity contribution in [2.45, 2.75) is 19.1 Å². The molecule has 1 unspecified atom stereocenters. The number of amides is 1. The number of aryl methyl sites for hydroxylation is 2. The van der Waals surface area contributed by atoms with Crippen LogP contribution in [0.5, 0.6) is 0 Å². The fourth-order valence-electron chi connectivity index (χ4n) is 2.72. The van der Waals surface area contributed by atoms with Crippen molar-refractivity contribution in [3.05, 3.63) is 17.5 Å². The number of carbonyl (C=O) groups excluding carboxylic acids is 1. The Morgan fingerprint density at radius 3 is 2.57 bits per heavy atom. The summed E-state index contributed by atoms with van der Waals surface area (Å²) in [7, 11) is 1.85. The van der Waals surface area contributed by atoms with E-state index in [1.54, 1.807) is 4.68 Å². The molecule has 0 saturated carbocycles. The predicted molar refractivity (Wildman–Crippen MR) is 84.8 cm³/mol. The SMILES string of the molecule is Cc1nn(C)cc1C(=O)N1CCN(C2=NCC(C)S2)CC1. The van der Waals surface area contributed by atoms with E-state index in [0.29, 0.717) is 10.8 Å². The van der Waals surface area contributed by atoms with Crippen LogP contribution in [0.15, 0.2) is 11.2 Å². The lowest BCUT2D eigenvalue weighted by Gasteiger charge is -2.35. The van der Waals surface area contributed by atoms with Crippen LogP contribution >= 0.6 is 11.8 Å². The molecular formula is C14H21N5OS. The highest BCUT2D eigenvalue weighted by molar-refractivity contribution is 8.14. The molecule has 0 aromatic carbocycles. The van der Waals surface area contributed by atoms with Gasteiger partial charge in [0.2, 0.25) is 0 Å². The maximum absolute atomic E-state index is 12.5. The lowest BCUT2D eigenvalue weighted by molar-refractivity contribution is 0.0693. The van der Waals surface area contributed by atoms with Crippen molar-refractivity contribution in [1.82, 2.24) is 19.6 Å². The molecule has 1 fully saturated rings. The lowest BCUT2D eigenvalue weighted by Crippen LogP contribution is -2.49. The Hall–Kier alpha value is -1.50. The molecule has 3 rings (SSSR count). The number of hydrogen-bond acceptors (Lipinski definition) is 5. The van der Waals surface area contributed by atoms with Crippen LogP contribution in [-0.4, -0.2) is 68.6 Å². The zero-order valence-electron chi connectivity index (χ0n) is 12.7. The van der Waals surface area contributed by atoms with Crippen molar-refractivity contribution < 1.29 is 4.79 Å². The number of hydrogen-bond donors (Lipinski definition) is 0. The zero-order chi connectivity index (χ0) is 15.0. The Morgan fingerprint density at radius 2 is 2.05 bits per heavy atom. The standard InChI is InChI=1S/C14H21N5OS/c1-10-8-15-14(21-10)19-6-4-18(5-7-19)13(20)12-9-17(3)16-11(12)2/h9-10H,4-8H2,1-3H3. The van der Waals surface area contributed by atoms with Crippen molar-refractivity contribution in [2.75, 3.05) is 32.7 Å². The molecule has 1 aromatic heterocycles. The van der Waals surface area contributed by atoms with Gasteiger partial charge in [0.25, 0.3) is 5.91 Å². The third-order valence-corrected chi connectivity index (χ3v) is 5.02. The van der Waals surface area contributed by atoms with Crippen LogP contribution < -0.4 is 0 Å². The predicted octanol–water partition coefficient (Wildman–Crippen LogP) is 0.978. The van der Waals surface area contributed by atoms with Gasteiger partial charge in [-0.05, 0) is 6.92 Å². The highest BCUT2D eigenvalue weighted by Crippen LogP contribution is 2.24. The minimum Gasteiger partial charge on any atom is -0.348 e. The molecule has 0 radical (unpaired) electrons. The van der Waals surface area contributed by atoms with Crippen molar-refractivity contribution in [3.8, 4) is 0 Å². The Balaban J connectivity index is 1.61. The molecule has 2 aliphatic rings. The highest BCUT2D eigenvalue weighted by atomic mass is 32.2. The normalized spacial score (nSPS) is 22.6. The van der Waals surface area contributed by atoms with Crippen molar-refractivity contribution in [2.24, 2.45) is 12.0 Å². The molecule has 7 heteroatoms. The van der Waals surface area contributed by atoms with Gasteiger partial charge >= 0.3 is 0 Å². The van der Waals surface area contributed by atoms with Gasteiger partial charge in [-0.25, -0.2) is 0 Å². The van der Waals surface area contributed by atoms with E-state index in [4.69, 9.17) is 0 Å². The third kappa shape index (κ3) is 2.92. The molecular weight excluding hydrogens is 286 g/mol. The summed E-state index contributed by atoms with van der Waals surface area (Å²) in [6, 6.07) is 0. The minimum atomic E-state index is 0.0923. The number of aliphatic imine (C=N–C) groups is 1. The minimum absolute atomic E-state index is 0.0923. The van der Waals surface area contributed by atoms with Gasteiger partial charge in [0.1, 0.15) is 0 Å². The van der Waals surface area contributed by atoms with E-state index in [9.17, 15) is 4.79 Å². The monoisotopic (exact) mass is 307 g/mol. The molecule has 1 saturated heterocycles. The Bertz CT molecular complexity index is 574. The largest absolute Gasteiger partial charge is 0.348 e. The van der Waals surface area contributed by atoms with Crippen LogP contribution in [0.3, 0.4) is 0 Å². The topological polar surface area (TPSA) is 53.7 Å². The van der Waals surface area contributed by atoms with E-state index in [1.165, 1.54) is 0 Å². The summed E-state index contributed by atoms with van der Waals surface area (Å²) in [5, 5.41) is 5.98. The van der Waals surface area contributed by atoms with E-state index in [2.05, 4.69) is 21.9 Å². The molecule has 3 heterocycles. The molecule has 6 nitrogen and oxygen atoms in total. The van der Waals surface area contributed by atoms with Crippen LogP contribution in [0.1, 0.15) is 23.0 Å². The number of piperazine rings is 1. The molecule has 114 valence electrons. The van der Waals surface area contributed by atoms with Crippen LogP contribution in [0.2, 0.25) is 0 Å². The summed E-state index contributed by atoms with van der Waals surface area (Å²) < 4.78 is 1.70. The Labute approximate surface area is 129 Å². The average Bonchev–Trinajstić information content (AvgIpc) is 3.04. The van der Waals surface area contributed by atoms with Gasteiger partial charge in [-0.3, -0.25) is 14.5 Å². The van der Waals surface area contributed by atoms with Gasteiger partial charge in [-0.1, -0.05) is 18.7 Å². The molecule has 0 N–H and O–H groups in total. The molecule has 21 heavy (non-hydrogen) atoms. The molecule has 0 bridgehead atoms. The van der Waals surface area contributed by atoms with Crippen molar-refractivity contribution >= 4 is 22.8 Å². The van der Waals surface area contributed by atoms with E-state index in [1.807, 2.05) is 36.8 Å². The second-order valence-electron chi connectivity index (χ2n) is 5.63. The summed E-state index contributed by atoms with van der Waals surface area (Å²) >= 11 is 1.84. The van der Waals surface area contributed by atoms with Crippen molar-refractivity contribution in [3.63, 3.8) is 0 Å². The molecule has 1 amide bonds. The highest BCUT2D eigenvalue weighted by Gasteiger charge is 2.28. The van der Waals surface area contributed by atoms with E-state index in [0.717, 1.165) is 43.6 Å². The number of carbonyl (C=O) groups is 1. The Kier molecular flexibility index (Phi) is 3.93. The molecule has 1 aromatic rings. The molecule has 0 aliphatic carbocycles. The summed E-state index contributed by atoms with van der Waals surface area (Å²) in [5.41, 5.74) is 1.52. The second-order valence-corrected chi connectivity index (χ2v) is 7.04. The number of aromatic nitrogens is 2. The maximum atomic E-state index is 12.5. The molecule has 0 spiro atoms. The van der Waals surface area contributed by atoms with E-state index < -0.39 is 0 Å². The first-order valence-corrected chi connectivity index (χ1v) is 8.18. The van der Waals surface area contributed by atoms with Gasteiger partial charge in [-0.2, -0.15) is 5.10 Å². The summed E-state index contributed by atoms with van der Waals surface area (Å²) in [6.45, 7) is 8.23. The fourth-order valence-corrected chi connectivity index (χ4v) is 3.71. The quantitative estimate of drug-likeness (QED) is 0.776. The van der Waals surface area contributed by atoms with Crippen LogP contribution in [-0.2, 0) is 7.05 Å². The summed E-state index contributed by atoms with van der Waals surface area (Å²) in [5.74, 6) is 0.0923. The zero-order valence-corrected chi connectivity index (χ0v) is 13.6. The summed E-state index contributed by atoms with van der Waals surface area (Å²) in [4.78, 5) is 21.3. The van der Waals surface area contributed by atoms with Crippen molar-refractivity contribution in [1.29, 1.82) is 0 Å². The average molecular weight is 307 g/mol. The number of rotatable bonds is 1.